The summed E-state index contributed by atoms with van der Waals surface area (Å²) in [5, 5.41) is 11.7. The minimum Gasteiger partial charge on any atom is -0.398 e. The number of benzene rings is 2. The van der Waals surface area contributed by atoms with E-state index in [1.807, 2.05) is 13.0 Å². The van der Waals surface area contributed by atoms with Crippen LogP contribution >= 0.6 is 0 Å². The maximum absolute atomic E-state index is 12.1. The Labute approximate surface area is 111 Å². The van der Waals surface area contributed by atoms with Gasteiger partial charge in [0, 0.05) is 11.4 Å². The molecule has 0 fully saturated rings. The lowest BCUT2D eigenvalue weighted by Gasteiger charge is -2.08. The number of amides is 1. The highest BCUT2D eigenvalue weighted by Crippen LogP contribution is 2.16. The van der Waals surface area contributed by atoms with Crippen molar-refractivity contribution in [2.24, 2.45) is 0 Å². The molecule has 0 aliphatic carbocycles. The van der Waals surface area contributed by atoms with Crippen LogP contribution in [0.2, 0.25) is 0 Å². The van der Waals surface area contributed by atoms with Crippen molar-refractivity contribution in [1.82, 2.24) is 0 Å². The summed E-state index contributed by atoms with van der Waals surface area (Å²) in [5.41, 5.74) is 9.23. The molecule has 1 amide bonds. The second-order valence-electron chi connectivity index (χ2n) is 4.40. The molecule has 0 radical (unpaired) electrons. The molecule has 4 heteroatoms. The Balaban J connectivity index is 2.15. The molecular weight excluding hydrogens is 240 g/mol. The smallest absolute Gasteiger partial charge is 0.257 e. The third kappa shape index (κ3) is 3.11. The van der Waals surface area contributed by atoms with Crippen molar-refractivity contribution in [2.45, 2.75) is 13.5 Å². The molecule has 98 valence electrons. The minimum atomic E-state index is -0.241. The Hall–Kier alpha value is -2.33. The second kappa shape index (κ2) is 5.54. The number of hydrogen-bond donors (Lipinski definition) is 3. The molecule has 2 rings (SSSR count). The maximum atomic E-state index is 12.1. The van der Waals surface area contributed by atoms with E-state index in [-0.39, 0.29) is 12.5 Å². The van der Waals surface area contributed by atoms with Gasteiger partial charge in [-0.05, 0) is 42.3 Å². The number of rotatable bonds is 3. The van der Waals surface area contributed by atoms with Gasteiger partial charge in [0.05, 0.1) is 12.2 Å². The number of nitrogens with one attached hydrogen (secondary N) is 1. The largest absolute Gasteiger partial charge is 0.398 e. The number of nitrogens with two attached hydrogens (primary N) is 1. The summed E-state index contributed by atoms with van der Waals surface area (Å²) >= 11 is 0. The number of carbonyl (C=O) groups is 1. The van der Waals surface area contributed by atoms with E-state index in [4.69, 9.17) is 10.8 Å². The van der Waals surface area contributed by atoms with Crippen LogP contribution in [-0.4, -0.2) is 11.0 Å². The lowest BCUT2D eigenvalue weighted by Crippen LogP contribution is -2.14. The van der Waals surface area contributed by atoms with Gasteiger partial charge in [0.1, 0.15) is 0 Å². The van der Waals surface area contributed by atoms with Crippen LogP contribution in [0.1, 0.15) is 21.5 Å². The first-order chi connectivity index (χ1) is 9.10. The standard InChI is InChI=1S/C15H16N2O2/c1-10-2-7-13(14(16)8-10)15(19)17-12-5-3-11(9-18)4-6-12/h2-8,18H,9,16H2,1H3,(H,17,19). The molecule has 2 aromatic carbocycles. The zero-order valence-corrected chi connectivity index (χ0v) is 10.7. The van der Waals surface area contributed by atoms with E-state index in [0.29, 0.717) is 16.9 Å². The Bertz CT molecular complexity index is 592. The number of aryl methyl sites for hydroxylation is 1. The summed E-state index contributed by atoms with van der Waals surface area (Å²) in [7, 11) is 0. The van der Waals surface area contributed by atoms with Crippen LogP contribution in [0.5, 0.6) is 0 Å². The first-order valence-electron chi connectivity index (χ1n) is 5.97. The zero-order chi connectivity index (χ0) is 13.8. The van der Waals surface area contributed by atoms with E-state index >= 15 is 0 Å². The van der Waals surface area contributed by atoms with E-state index in [2.05, 4.69) is 5.32 Å². The SMILES string of the molecule is Cc1ccc(C(=O)Nc2ccc(CO)cc2)c(N)c1. The summed E-state index contributed by atoms with van der Waals surface area (Å²) in [4.78, 5) is 12.1. The highest BCUT2D eigenvalue weighted by Gasteiger charge is 2.09. The third-order valence-corrected chi connectivity index (χ3v) is 2.85. The number of aliphatic hydroxyl groups excluding tert-OH is 1. The number of aliphatic hydroxyl groups is 1. The molecule has 0 unspecified atom stereocenters. The van der Waals surface area contributed by atoms with Gasteiger partial charge in [-0.25, -0.2) is 0 Å². The van der Waals surface area contributed by atoms with Crippen molar-refractivity contribution in [3.8, 4) is 0 Å². The number of anilines is 2. The highest BCUT2D eigenvalue weighted by atomic mass is 16.3. The molecule has 2 aromatic rings. The van der Waals surface area contributed by atoms with E-state index in [1.165, 1.54) is 0 Å². The molecule has 0 atom stereocenters. The molecule has 0 saturated heterocycles. The Morgan fingerprint density at radius 2 is 1.89 bits per heavy atom. The van der Waals surface area contributed by atoms with Crippen LogP contribution in [0, 0.1) is 6.92 Å². The molecule has 0 bridgehead atoms. The molecule has 0 saturated carbocycles. The molecule has 4 N–H and O–H groups in total. The van der Waals surface area contributed by atoms with Crippen LogP contribution in [0.4, 0.5) is 11.4 Å². The summed E-state index contributed by atoms with van der Waals surface area (Å²) in [6, 6.07) is 12.3. The van der Waals surface area contributed by atoms with Gasteiger partial charge in [-0.15, -0.1) is 0 Å². The van der Waals surface area contributed by atoms with Crippen LogP contribution in [0.25, 0.3) is 0 Å². The predicted molar refractivity (Wildman–Crippen MR) is 75.9 cm³/mol. The fourth-order valence-electron chi connectivity index (χ4n) is 1.78. The number of carbonyl (C=O) groups excluding carboxylic acids is 1. The Morgan fingerprint density at radius 3 is 2.47 bits per heavy atom. The van der Waals surface area contributed by atoms with Gasteiger partial charge in [-0.2, -0.15) is 0 Å². The summed E-state index contributed by atoms with van der Waals surface area (Å²) in [6.07, 6.45) is 0. The van der Waals surface area contributed by atoms with Crippen molar-refractivity contribution < 1.29 is 9.90 Å². The van der Waals surface area contributed by atoms with E-state index < -0.39 is 0 Å². The summed E-state index contributed by atoms with van der Waals surface area (Å²) in [5.74, 6) is -0.241. The van der Waals surface area contributed by atoms with Crippen molar-refractivity contribution >= 4 is 17.3 Å². The van der Waals surface area contributed by atoms with Crippen LogP contribution in [-0.2, 0) is 6.61 Å². The molecule has 4 nitrogen and oxygen atoms in total. The van der Waals surface area contributed by atoms with E-state index in [9.17, 15) is 4.79 Å². The third-order valence-electron chi connectivity index (χ3n) is 2.85. The molecule has 0 heterocycles. The normalized spacial score (nSPS) is 10.2. The predicted octanol–water partition coefficient (Wildman–Crippen LogP) is 2.32. The molecule has 0 aliphatic heterocycles. The van der Waals surface area contributed by atoms with E-state index in [1.54, 1.807) is 36.4 Å². The minimum absolute atomic E-state index is 0.0147. The van der Waals surface area contributed by atoms with Crippen LogP contribution in [0.3, 0.4) is 0 Å². The quantitative estimate of drug-likeness (QED) is 0.738. The lowest BCUT2D eigenvalue weighted by molar-refractivity contribution is 0.102. The monoisotopic (exact) mass is 256 g/mol. The van der Waals surface area contributed by atoms with Crippen molar-refractivity contribution in [3.63, 3.8) is 0 Å². The van der Waals surface area contributed by atoms with Gasteiger partial charge in [0.2, 0.25) is 0 Å². The van der Waals surface area contributed by atoms with Gasteiger partial charge in [0.25, 0.3) is 5.91 Å². The van der Waals surface area contributed by atoms with Crippen molar-refractivity contribution in [1.29, 1.82) is 0 Å². The Kier molecular flexibility index (Phi) is 3.82. The second-order valence-corrected chi connectivity index (χ2v) is 4.40. The van der Waals surface area contributed by atoms with Crippen molar-refractivity contribution in [2.75, 3.05) is 11.1 Å². The van der Waals surface area contributed by atoms with Gasteiger partial charge >= 0.3 is 0 Å². The summed E-state index contributed by atoms with van der Waals surface area (Å²) in [6.45, 7) is 1.91. The first kappa shape index (κ1) is 13.1. The molecule has 0 aliphatic rings. The topological polar surface area (TPSA) is 75.3 Å². The zero-order valence-electron chi connectivity index (χ0n) is 10.7. The maximum Gasteiger partial charge on any atom is 0.257 e. The average molecular weight is 256 g/mol. The molecule has 19 heavy (non-hydrogen) atoms. The Morgan fingerprint density at radius 1 is 1.21 bits per heavy atom. The summed E-state index contributed by atoms with van der Waals surface area (Å²) < 4.78 is 0. The number of nitrogen functional groups attached to an aromatic ring is 1. The van der Waals surface area contributed by atoms with Gasteiger partial charge in [0.15, 0.2) is 0 Å². The van der Waals surface area contributed by atoms with Crippen molar-refractivity contribution in [3.05, 3.63) is 59.2 Å². The molecular formula is C15H16N2O2. The molecule has 0 aromatic heterocycles. The highest BCUT2D eigenvalue weighted by molar-refractivity contribution is 6.07. The fraction of sp³-hybridized carbons (Fsp3) is 0.133. The van der Waals surface area contributed by atoms with E-state index in [0.717, 1.165) is 11.1 Å². The van der Waals surface area contributed by atoms with Gasteiger partial charge in [-0.1, -0.05) is 18.2 Å². The fourth-order valence-corrected chi connectivity index (χ4v) is 1.78. The average Bonchev–Trinajstić information content (AvgIpc) is 2.39. The number of hydrogen-bond acceptors (Lipinski definition) is 3. The van der Waals surface area contributed by atoms with Crippen LogP contribution in [0.15, 0.2) is 42.5 Å². The van der Waals surface area contributed by atoms with Gasteiger partial charge in [-0.3, -0.25) is 4.79 Å². The van der Waals surface area contributed by atoms with Crippen LogP contribution < -0.4 is 11.1 Å². The van der Waals surface area contributed by atoms with Gasteiger partial charge < -0.3 is 16.2 Å². The first-order valence-corrected chi connectivity index (χ1v) is 5.97. The lowest BCUT2D eigenvalue weighted by atomic mass is 10.1. The molecule has 0 spiro atoms.